The van der Waals surface area contributed by atoms with Crippen molar-refractivity contribution in [2.24, 2.45) is 11.8 Å². The molecule has 5 amide bonds. The molecule has 0 heterocycles. The molecule has 0 aromatic heterocycles. The Balaban J connectivity index is 2.33. The van der Waals surface area contributed by atoms with Crippen LogP contribution in [0.3, 0.4) is 0 Å². The van der Waals surface area contributed by atoms with Crippen LogP contribution >= 0.6 is 0 Å². The van der Waals surface area contributed by atoms with Crippen LogP contribution in [-0.2, 0) is 41.6 Å². The van der Waals surface area contributed by atoms with Gasteiger partial charge in [0.25, 0.3) is 0 Å². The van der Waals surface area contributed by atoms with Gasteiger partial charge in [0.2, 0.25) is 29.5 Å². The second-order valence-electron chi connectivity index (χ2n) is 12.3. The Morgan fingerprint density at radius 2 is 1.21 bits per heavy atom. The standard InChI is InChI=1S/C35H49N5O7/c1-8-22(4)29(32(43)38-27(19-25-15-11-9-12-16-25)31(42)36-23(5)35(46)47)39-33(44)30(21(2)3)40(7)34(45)28(37-24(6)41)20-26-17-13-10-14-18-26/h9-18,21-23,27-30H,8,19-20H2,1-7H3,(H,36,42)(H,37,41)(H,38,43)(H,39,44)(H,46,47)/t22-,23-,27-,28+,29-,30-/m0/s1. The van der Waals surface area contributed by atoms with E-state index < -0.39 is 65.7 Å². The van der Waals surface area contributed by atoms with E-state index in [0.29, 0.717) is 6.42 Å². The molecule has 0 unspecified atom stereocenters. The van der Waals surface area contributed by atoms with E-state index >= 15 is 0 Å². The van der Waals surface area contributed by atoms with Gasteiger partial charge in [0.15, 0.2) is 0 Å². The highest BCUT2D eigenvalue weighted by Gasteiger charge is 2.37. The summed E-state index contributed by atoms with van der Waals surface area (Å²) in [7, 11) is 1.49. The average Bonchev–Trinajstić information content (AvgIpc) is 3.02. The van der Waals surface area contributed by atoms with Crippen LogP contribution in [0.5, 0.6) is 0 Å². The Kier molecular flexibility index (Phi) is 15.1. The zero-order chi connectivity index (χ0) is 35.3. The molecule has 6 atom stereocenters. The summed E-state index contributed by atoms with van der Waals surface area (Å²) in [6.45, 7) is 9.85. The molecule has 2 rings (SSSR count). The molecule has 0 saturated carbocycles. The van der Waals surface area contributed by atoms with E-state index in [1.54, 1.807) is 45.0 Å². The fourth-order valence-electron chi connectivity index (χ4n) is 5.24. The van der Waals surface area contributed by atoms with Gasteiger partial charge in [0.05, 0.1) is 0 Å². The Bertz CT molecular complexity index is 1370. The molecule has 0 aliphatic heterocycles. The maximum Gasteiger partial charge on any atom is 0.325 e. The fraction of sp³-hybridized carbons (Fsp3) is 0.486. The van der Waals surface area contributed by atoms with Crippen molar-refractivity contribution in [2.75, 3.05) is 7.05 Å². The van der Waals surface area contributed by atoms with Crippen molar-refractivity contribution in [3.8, 4) is 0 Å². The van der Waals surface area contributed by atoms with Gasteiger partial charge in [-0.3, -0.25) is 28.8 Å². The van der Waals surface area contributed by atoms with Crippen molar-refractivity contribution >= 4 is 35.5 Å². The SMILES string of the molecule is CC[C@H](C)[C@H](NC(=O)[C@H](C(C)C)N(C)C(=O)[C@@H](Cc1ccccc1)NC(C)=O)C(=O)N[C@@H](Cc1ccccc1)C(=O)N[C@@H](C)C(=O)O. The largest absolute Gasteiger partial charge is 0.480 e. The van der Waals surface area contributed by atoms with Crippen molar-refractivity contribution < 1.29 is 33.9 Å². The zero-order valence-electron chi connectivity index (χ0n) is 28.3. The number of carboxylic acids is 1. The van der Waals surface area contributed by atoms with Crippen LogP contribution < -0.4 is 21.3 Å². The van der Waals surface area contributed by atoms with Crippen LogP contribution in [-0.4, -0.2) is 82.8 Å². The number of carbonyl (C=O) groups excluding carboxylic acids is 5. The van der Waals surface area contributed by atoms with E-state index in [1.165, 1.54) is 25.8 Å². The summed E-state index contributed by atoms with van der Waals surface area (Å²) < 4.78 is 0. The smallest absolute Gasteiger partial charge is 0.325 e. The first-order valence-corrected chi connectivity index (χ1v) is 15.9. The molecule has 2 aromatic carbocycles. The van der Waals surface area contributed by atoms with Gasteiger partial charge in [-0.25, -0.2) is 0 Å². The van der Waals surface area contributed by atoms with Crippen LogP contribution in [0.25, 0.3) is 0 Å². The molecule has 12 heteroatoms. The number of hydrogen-bond donors (Lipinski definition) is 5. The monoisotopic (exact) mass is 651 g/mol. The number of aliphatic carboxylic acids is 1. The van der Waals surface area contributed by atoms with Gasteiger partial charge >= 0.3 is 5.97 Å². The summed E-state index contributed by atoms with van der Waals surface area (Å²) in [4.78, 5) is 79.3. The number of amides is 5. The molecular formula is C35H49N5O7. The number of rotatable bonds is 17. The lowest BCUT2D eigenvalue weighted by atomic mass is 9.95. The van der Waals surface area contributed by atoms with Crippen molar-refractivity contribution in [3.05, 3.63) is 71.8 Å². The topological polar surface area (TPSA) is 174 Å². The summed E-state index contributed by atoms with van der Waals surface area (Å²) in [6, 6.07) is 12.9. The Labute approximate surface area is 277 Å². The Hall–Kier alpha value is -4.74. The third-order valence-corrected chi connectivity index (χ3v) is 8.06. The third-order valence-electron chi connectivity index (χ3n) is 8.06. The number of nitrogens with zero attached hydrogens (tertiary/aromatic N) is 1. The lowest BCUT2D eigenvalue weighted by Crippen LogP contribution is -2.61. The first-order chi connectivity index (χ1) is 22.2. The summed E-state index contributed by atoms with van der Waals surface area (Å²) in [5.41, 5.74) is 1.57. The minimum absolute atomic E-state index is 0.0870. The number of hydrogen-bond acceptors (Lipinski definition) is 6. The van der Waals surface area contributed by atoms with Gasteiger partial charge in [-0.1, -0.05) is 94.8 Å². The molecule has 0 bridgehead atoms. The maximum absolute atomic E-state index is 13.9. The Morgan fingerprint density at radius 1 is 0.702 bits per heavy atom. The number of carbonyl (C=O) groups is 6. The van der Waals surface area contributed by atoms with Gasteiger partial charge in [-0.05, 0) is 29.9 Å². The minimum Gasteiger partial charge on any atom is -0.480 e. The van der Waals surface area contributed by atoms with E-state index in [0.717, 1.165) is 11.1 Å². The molecule has 0 radical (unpaired) electrons. The minimum atomic E-state index is -1.23. The highest BCUT2D eigenvalue weighted by atomic mass is 16.4. The van der Waals surface area contributed by atoms with Crippen molar-refractivity contribution in [1.29, 1.82) is 0 Å². The molecular weight excluding hydrogens is 602 g/mol. The Morgan fingerprint density at radius 3 is 1.66 bits per heavy atom. The summed E-state index contributed by atoms with van der Waals surface area (Å²) in [5.74, 6) is -4.68. The normalized spacial score (nSPS) is 14.8. The predicted molar refractivity (Wildman–Crippen MR) is 178 cm³/mol. The van der Waals surface area contributed by atoms with Crippen molar-refractivity contribution in [1.82, 2.24) is 26.2 Å². The number of benzene rings is 2. The molecule has 0 aliphatic carbocycles. The lowest BCUT2D eigenvalue weighted by molar-refractivity contribution is -0.144. The van der Waals surface area contributed by atoms with Crippen LogP contribution in [0.15, 0.2) is 60.7 Å². The molecule has 5 N–H and O–H groups in total. The van der Waals surface area contributed by atoms with Gasteiger partial charge in [-0.2, -0.15) is 0 Å². The third kappa shape index (κ3) is 11.8. The molecule has 47 heavy (non-hydrogen) atoms. The van der Waals surface area contributed by atoms with Crippen LogP contribution in [0.4, 0.5) is 0 Å². The van der Waals surface area contributed by atoms with E-state index in [4.69, 9.17) is 0 Å². The summed E-state index contributed by atoms with van der Waals surface area (Å²) in [6.07, 6.45) is 0.815. The van der Waals surface area contributed by atoms with Crippen molar-refractivity contribution in [3.63, 3.8) is 0 Å². The van der Waals surface area contributed by atoms with Crippen LogP contribution in [0.1, 0.15) is 59.1 Å². The lowest BCUT2D eigenvalue weighted by Gasteiger charge is -2.35. The first kappa shape index (κ1) is 38.4. The average molecular weight is 652 g/mol. The summed E-state index contributed by atoms with van der Waals surface area (Å²) in [5, 5.41) is 20.0. The highest BCUT2D eigenvalue weighted by molar-refractivity contribution is 5.96. The molecule has 2 aromatic rings. The maximum atomic E-state index is 13.9. The van der Waals surface area contributed by atoms with Gasteiger partial charge in [0, 0.05) is 26.8 Å². The van der Waals surface area contributed by atoms with Crippen LogP contribution in [0, 0.1) is 11.8 Å². The van der Waals surface area contributed by atoms with E-state index in [1.807, 2.05) is 43.3 Å². The molecule has 256 valence electrons. The molecule has 12 nitrogen and oxygen atoms in total. The second kappa shape index (κ2) is 18.4. The number of carboxylic acid groups (broad SMARTS) is 1. The van der Waals surface area contributed by atoms with E-state index in [-0.39, 0.29) is 24.7 Å². The summed E-state index contributed by atoms with van der Waals surface area (Å²) >= 11 is 0. The number of likely N-dealkylation sites (N-methyl/N-ethyl adjacent to an activating group) is 1. The van der Waals surface area contributed by atoms with Gasteiger partial charge in [0.1, 0.15) is 30.2 Å². The quantitative estimate of drug-likeness (QED) is 0.174. The van der Waals surface area contributed by atoms with Gasteiger partial charge < -0.3 is 31.3 Å². The van der Waals surface area contributed by atoms with Crippen LogP contribution in [0.2, 0.25) is 0 Å². The fourth-order valence-corrected chi connectivity index (χ4v) is 5.24. The van der Waals surface area contributed by atoms with Gasteiger partial charge in [-0.15, -0.1) is 0 Å². The first-order valence-electron chi connectivity index (χ1n) is 15.9. The molecule has 0 aliphatic rings. The number of nitrogens with one attached hydrogen (secondary N) is 4. The highest BCUT2D eigenvalue weighted by Crippen LogP contribution is 2.16. The second-order valence-corrected chi connectivity index (χ2v) is 12.3. The predicted octanol–water partition coefficient (Wildman–Crippen LogP) is 2.06. The van der Waals surface area contributed by atoms with E-state index in [9.17, 15) is 33.9 Å². The molecule has 0 spiro atoms. The zero-order valence-corrected chi connectivity index (χ0v) is 28.3. The molecule has 0 fully saturated rings. The van der Waals surface area contributed by atoms with Crippen molar-refractivity contribution in [2.45, 2.75) is 91.0 Å². The van der Waals surface area contributed by atoms with E-state index in [2.05, 4.69) is 21.3 Å². The molecule has 0 saturated heterocycles.